The van der Waals surface area contributed by atoms with Crippen LogP contribution in [0.3, 0.4) is 0 Å². The molecule has 0 amide bonds. The molecule has 4 rings (SSSR count). The van der Waals surface area contributed by atoms with Crippen LogP contribution in [-0.2, 0) is 27.1 Å². The van der Waals surface area contributed by atoms with Gasteiger partial charge in [0.2, 0.25) is 0 Å². The first-order chi connectivity index (χ1) is 13.5. The molecule has 3 aromatic rings. The van der Waals surface area contributed by atoms with Gasteiger partial charge in [0.15, 0.2) is 0 Å². The van der Waals surface area contributed by atoms with Crippen molar-refractivity contribution in [3.8, 4) is 0 Å². The van der Waals surface area contributed by atoms with Crippen molar-refractivity contribution in [3.63, 3.8) is 0 Å². The first kappa shape index (κ1) is 30.7. The minimum atomic E-state index is -0.327. The molecule has 1 aliphatic rings. The molecule has 0 N–H and O–H groups in total. The summed E-state index contributed by atoms with van der Waals surface area (Å²) in [5, 5.41) is 0. The third kappa shape index (κ3) is 5.61. The van der Waals surface area contributed by atoms with E-state index in [1.807, 2.05) is 0 Å². The van der Waals surface area contributed by atoms with E-state index in [2.05, 4.69) is 124 Å². The molecular weight excluding hydrogens is 491 g/mol. The summed E-state index contributed by atoms with van der Waals surface area (Å²) >= 11 is 0. The Morgan fingerprint density at radius 3 is 1.25 bits per heavy atom. The second-order valence-corrected chi connectivity index (χ2v) is 8.50. The van der Waals surface area contributed by atoms with Crippen molar-refractivity contribution in [1.82, 2.24) is 0 Å². The molecule has 1 aliphatic carbocycles. The minimum absolute atomic E-state index is 0. The molecule has 32 heavy (non-hydrogen) atoms. The van der Waals surface area contributed by atoms with E-state index in [-0.39, 0.29) is 69.8 Å². The molecule has 164 valence electrons. The van der Waals surface area contributed by atoms with Gasteiger partial charge < -0.3 is 37.2 Å². The molecule has 3 aromatic carbocycles. The minimum Gasteiger partial charge on any atom is -1.00 e. The largest absolute Gasteiger partial charge is 4.00 e. The summed E-state index contributed by atoms with van der Waals surface area (Å²) in [7, 11) is 0. The smallest absolute Gasteiger partial charge is 1.00 e. The van der Waals surface area contributed by atoms with E-state index in [4.69, 9.17) is 0 Å². The van der Waals surface area contributed by atoms with Gasteiger partial charge in [-0.15, -0.1) is 0 Å². The van der Waals surface area contributed by atoms with Crippen LogP contribution in [0.2, 0.25) is 0 Å². The van der Waals surface area contributed by atoms with E-state index in [1.54, 1.807) is 0 Å². The first-order valence-electron chi connectivity index (χ1n) is 10.0. The van der Waals surface area contributed by atoms with Gasteiger partial charge in [-0.25, -0.2) is 5.57 Å². The van der Waals surface area contributed by atoms with Crippen LogP contribution in [0.5, 0.6) is 0 Å². The van der Waals surface area contributed by atoms with Crippen molar-refractivity contribution in [2.24, 2.45) is 5.41 Å². The number of halogens is 3. The Morgan fingerprint density at radius 1 is 0.594 bits per heavy atom. The molecule has 0 nitrogen and oxygen atoms in total. The Kier molecular flexibility index (Phi) is 12.3. The van der Waals surface area contributed by atoms with E-state index < -0.39 is 0 Å². The Labute approximate surface area is 226 Å². The van der Waals surface area contributed by atoms with Crippen LogP contribution in [-0.4, -0.2) is 0 Å². The van der Waals surface area contributed by atoms with Crippen LogP contribution in [0.25, 0.3) is 0 Å². The molecule has 0 fully saturated rings. The molecule has 0 aliphatic heterocycles. The van der Waals surface area contributed by atoms with Crippen molar-refractivity contribution >= 4 is 0 Å². The van der Waals surface area contributed by atoms with Gasteiger partial charge in [-0.1, -0.05) is 118 Å². The molecular formula is C28H27Cl3Ti. The summed E-state index contributed by atoms with van der Waals surface area (Å²) in [5.74, 6) is 0. The van der Waals surface area contributed by atoms with E-state index in [0.717, 1.165) is 6.42 Å². The summed E-state index contributed by atoms with van der Waals surface area (Å²) < 4.78 is 0. The summed E-state index contributed by atoms with van der Waals surface area (Å²) in [5.41, 5.74) is 6.38. The van der Waals surface area contributed by atoms with Gasteiger partial charge in [0.25, 0.3) is 0 Å². The molecule has 0 saturated heterocycles. The van der Waals surface area contributed by atoms with Gasteiger partial charge in [0.05, 0.1) is 0 Å². The van der Waals surface area contributed by atoms with Crippen molar-refractivity contribution in [2.75, 3.05) is 0 Å². The fourth-order valence-corrected chi connectivity index (χ4v) is 4.54. The van der Waals surface area contributed by atoms with Gasteiger partial charge >= 0.3 is 21.7 Å². The standard InChI is InChI=1S/C28H27.3ClH.Ti/c1-27(2,3)25-20-13-21-26(25)28(22-14-7-4-8-15-22,23-16-9-5-10-17-23)24-18-11-6-12-19-24;;;;/h4-19H,21H2,1-3H3;3*1H;/q-1;;;;+4/p-3. The van der Waals surface area contributed by atoms with Crippen LogP contribution >= 0.6 is 0 Å². The molecule has 0 saturated carbocycles. The van der Waals surface area contributed by atoms with Crippen LogP contribution in [0.15, 0.2) is 108 Å². The Morgan fingerprint density at radius 2 is 0.938 bits per heavy atom. The zero-order chi connectivity index (χ0) is 19.6. The number of allylic oxidation sites excluding steroid dienone is 4. The number of hydrogen-bond acceptors (Lipinski definition) is 0. The van der Waals surface area contributed by atoms with Crippen molar-refractivity contribution in [2.45, 2.75) is 32.6 Å². The van der Waals surface area contributed by atoms with E-state index in [0.29, 0.717) is 0 Å². The Balaban J connectivity index is 0.00000240. The molecule has 4 heteroatoms. The van der Waals surface area contributed by atoms with Crippen molar-refractivity contribution in [3.05, 3.63) is 131 Å². The average molecular weight is 518 g/mol. The van der Waals surface area contributed by atoms with Crippen molar-refractivity contribution in [1.29, 1.82) is 0 Å². The molecule has 0 bridgehead atoms. The Hall–Kier alpha value is -1.28. The number of benzene rings is 3. The summed E-state index contributed by atoms with van der Waals surface area (Å²) in [4.78, 5) is 0. The van der Waals surface area contributed by atoms with Crippen LogP contribution in [0, 0.1) is 11.5 Å². The molecule has 0 spiro atoms. The van der Waals surface area contributed by atoms with Crippen LogP contribution in [0.1, 0.15) is 43.9 Å². The molecule has 0 atom stereocenters. The molecule has 0 aromatic heterocycles. The zero-order valence-corrected chi connectivity index (χ0v) is 22.4. The fraction of sp³-hybridized carbons (Fsp3) is 0.214. The van der Waals surface area contributed by atoms with Crippen molar-refractivity contribution < 1.29 is 58.9 Å². The number of rotatable bonds is 4. The fourth-order valence-electron chi connectivity index (χ4n) is 4.54. The van der Waals surface area contributed by atoms with Crippen LogP contribution < -0.4 is 37.2 Å². The molecule has 0 radical (unpaired) electrons. The monoisotopic (exact) mass is 516 g/mol. The summed E-state index contributed by atoms with van der Waals surface area (Å²) in [6.45, 7) is 6.88. The van der Waals surface area contributed by atoms with Gasteiger partial charge in [-0.05, 0) is 22.1 Å². The summed E-state index contributed by atoms with van der Waals surface area (Å²) in [6.07, 6.45) is 6.75. The zero-order valence-electron chi connectivity index (χ0n) is 18.6. The van der Waals surface area contributed by atoms with Gasteiger partial charge in [-0.2, -0.15) is 11.6 Å². The van der Waals surface area contributed by atoms with Gasteiger partial charge in [-0.3, -0.25) is 6.08 Å². The summed E-state index contributed by atoms with van der Waals surface area (Å²) in [6, 6.07) is 32.8. The third-order valence-corrected chi connectivity index (χ3v) is 5.68. The maximum atomic E-state index is 3.62. The van der Waals surface area contributed by atoms with Crippen LogP contribution in [0.4, 0.5) is 0 Å². The SMILES string of the molecule is CC(C)(C)C1=C(C(c2ccccc2)(c2ccccc2)c2ccccc2)CC=[C-]1.[Cl-].[Cl-].[Cl-].[Ti+4]. The Bertz CT molecular complexity index is 908. The third-order valence-electron chi connectivity index (χ3n) is 5.68. The van der Waals surface area contributed by atoms with E-state index in [9.17, 15) is 0 Å². The first-order valence-corrected chi connectivity index (χ1v) is 10.0. The van der Waals surface area contributed by atoms with E-state index in [1.165, 1.54) is 27.8 Å². The van der Waals surface area contributed by atoms with E-state index >= 15 is 0 Å². The predicted octanol–water partition coefficient (Wildman–Crippen LogP) is -1.86. The maximum Gasteiger partial charge on any atom is 4.00 e. The maximum absolute atomic E-state index is 3.62. The second-order valence-electron chi connectivity index (χ2n) is 8.50. The quantitative estimate of drug-likeness (QED) is 0.216. The second kappa shape index (κ2) is 12.8. The average Bonchev–Trinajstić information content (AvgIpc) is 3.22. The van der Waals surface area contributed by atoms with Gasteiger partial charge in [0.1, 0.15) is 0 Å². The predicted molar refractivity (Wildman–Crippen MR) is 118 cm³/mol. The molecule has 0 heterocycles. The van der Waals surface area contributed by atoms with Gasteiger partial charge in [0, 0.05) is 5.41 Å². The normalized spacial score (nSPS) is 12.7. The molecule has 0 unspecified atom stereocenters. The number of hydrogen-bond donors (Lipinski definition) is 0. The topological polar surface area (TPSA) is 0 Å².